The highest BCUT2D eigenvalue weighted by molar-refractivity contribution is 7.90. The maximum absolute atomic E-state index is 15.0. The van der Waals surface area contributed by atoms with E-state index in [1.54, 1.807) is 24.3 Å². The lowest BCUT2D eigenvalue weighted by molar-refractivity contribution is 0.0696. The minimum absolute atomic E-state index is 0.000698. The molecule has 7 nitrogen and oxygen atoms in total. The standard InChI is InChI=1S/C36H19ClF3N3O4S/c1-42-30-7-3-6-24(19-41)32(30)33-28-18-25(38)11-15-31(28)43(48(46,47)26-12-8-20(9-13-26)35(39)40)34(33)22-5-2-4-21(16-22)27-14-10-23(36(44)45)17-29(27)37/h2-18,35H,(H,44,45). The Balaban J connectivity index is 1.76. The molecule has 1 aromatic heterocycles. The molecule has 48 heavy (non-hydrogen) atoms. The Morgan fingerprint density at radius 1 is 0.917 bits per heavy atom. The number of alkyl halides is 2. The Kier molecular flexibility index (Phi) is 8.27. The normalized spacial score (nSPS) is 11.4. The number of nitrogens with zero attached hydrogens (tertiary/aromatic N) is 3. The zero-order valence-electron chi connectivity index (χ0n) is 24.3. The van der Waals surface area contributed by atoms with E-state index in [0.717, 1.165) is 40.4 Å². The lowest BCUT2D eigenvalue weighted by atomic mass is 9.92. The molecule has 0 atom stereocenters. The van der Waals surface area contributed by atoms with E-state index in [0.29, 0.717) is 11.1 Å². The van der Waals surface area contributed by atoms with E-state index < -0.39 is 33.8 Å². The van der Waals surface area contributed by atoms with Crippen molar-refractivity contribution in [3.8, 4) is 39.6 Å². The Bertz CT molecular complexity index is 2450. The van der Waals surface area contributed by atoms with Gasteiger partial charge in [0.15, 0.2) is 5.69 Å². The van der Waals surface area contributed by atoms with Gasteiger partial charge in [0.2, 0.25) is 0 Å². The Morgan fingerprint density at radius 3 is 2.27 bits per heavy atom. The van der Waals surface area contributed by atoms with Gasteiger partial charge in [0.1, 0.15) is 5.82 Å². The smallest absolute Gasteiger partial charge is 0.335 e. The summed E-state index contributed by atoms with van der Waals surface area (Å²) in [6, 6.07) is 24.5. The summed E-state index contributed by atoms with van der Waals surface area (Å²) in [4.78, 5) is 14.7. The summed E-state index contributed by atoms with van der Waals surface area (Å²) in [5.41, 5.74) is 0.806. The van der Waals surface area contributed by atoms with Gasteiger partial charge >= 0.3 is 5.97 Å². The molecule has 6 rings (SSSR count). The number of fused-ring (bicyclic) bond motifs is 1. The van der Waals surface area contributed by atoms with Gasteiger partial charge in [-0.05, 0) is 60.2 Å². The summed E-state index contributed by atoms with van der Waals surface area (Å²) in [5.74, 6) is -1.90. The molecule has 12 heteroatoms. The van der Waals surface area contributed by atoms with Crippen molar-refractivity contribution in [2.45, 2.75) is 11.3 Å². The second kappa shape index (κ2) is 12.4. The highest BCUT2D eigenvalue weighted by Gasteiger charge is 2.31. The summed E-state index contributed by atoms with van der Waals surface area (Å²) in [5, 5.41) is 19.7. The molecule has 0 amide bonds. The predicted molar refractivity (Wildman–Crippen MR) is 175 cm³/mol. The lowest BCUT2D eigenvalue weighted by Gasteiger charge is -2.16. The van der Waals surface area contributed by atoms with Gasteiger partial charge in [-0.3, -0.25) is 0 Å². The quantitative estimate of drug-likeness (QED) is 0.169. The molecule has 5 aromatic carbocycles. The number of halogens is 4. The highest BCUT2D eigenvalue weighted by Crippen LogP contribution is 2.48. The Labute approximate surface area is 277 Å². The summed E-state index contributed by atoms with van der Waals surface area (Å²) >= 11 is 6.48. The number of aromatic nitrogens is 1. The van der Waals surface area contributed by atoms with Crippen molar-refractivity contribution in [1.29, 1.82) is 5.26 Å². The molecule has 236 valence electrons. The third kappa shape index (κ3) is 5.45. The average Bonchev–Trinajstić information content (AvgIpc) is 3.42. The van der Waals surface area contributed by atoms with E-state index in [-0.39, 0.29) is 60.0 Å². The van der Waals surface area contributed by atoms with E-state index >= 15 is 0 Å². The van der Waals surface area contributed by atoms with Crippen LogP contribution in [0.15, 0.2) is 108 Å². The zero-order chi connectivity index (χ0) is 34.3. The molecule has 1 N–H and O–H groups in total. The molecule has 0 aliphatic heterocycles. The predicted octanol–water partition coefficient (Wildman–Crippen LogP) is 9.73. The number of carbonyl (C=O) groups is 1. The molecule has 0 spiro atoms. The van der Waals surface area contributed by atoms with Crippen LogP contribution in [0.5, 0.6) is 0 Å². The van der Waals surface area contributed by atoms with Crippen LogP contribution in [-0.4, -0.2) is 23.5 Å². The lowest BCUT2D eigenvalue weighted by Crippen LogP contribution is -2.14. The largest absolute Gasteiger partial charge is 0.478 e. The number of hydrogen-bond acceptors (Lipinski definition) is 4. The third-order valence-electron chi connectivity index (χ3n) is 7.75. The van der Waals surface area contributed by atoms with Crippen LogP contribution in [0, 0.1) is 23.7 Å². The minimum atomic E-state index is -4.63. The number of benzene rings is 5. The van der Waals surface area contributed by atoms with Gasteiger partial charge in [0, 0.05) is 43.8 Å². The SMILES string of the molecule is [C-]#[N+]c1cccc(C#N)c1-c1c(-c2cccc(-c3ccc(C(=O)O)cc3Cl)c2)n(S(=O)(=O)c2ccc(C(F)F)cc2)c2ccc(F)cc12. The summed E-state index contributed by atoms with van der Waals surface area (Å²) in [6.45, 7) is 7.87. The van der Waals surface area contributed by atoms with Crippen LogP contribution < -0.4 is 0 Å². The van der Waals surface area contributed by atoms with Crippen molar-refractivity contribution < 1.29 is 31.5 Å². The first-order valence-corrected chi connectivity index (χ1v) is 15.8. The van der Waals surface area contributed by atoms with Gasteiger partial charge in [-0.2, -0.15) is 5.26 Å². The maximum atomic E-state index is 15.0. The van der Waals surface area contributed by atoms with Crippen LogP contribution in [0.1, 0.15) is 27.9 Å². The fourth-order valence-corrected chi connectivity index (χ4v) is 7.43. The van der Waals surface area contributed by atoms with Gasteiger partial charge in [-0.15, -0.1) is 0 Å². The second-order valence-corrected chi connectivity index (χ2v) is 12.7. The average molecular weight is 682 g/mol. The molecule has 0 fully saturated rings. The topological polar surface area (TPSA) is 105 Å². The monoisotopic (exact) mass is 681 g/mol. The van der Waals surface area contributed by atoms with Crippen molar-refractivity contribution in [3.63, 3.8) is 0 Å². The van der Waals surface area contributed by atoms with Crippen LogP contribution in [0.4, 0.5) is 18.9 Å². The number of carboxylic acids is 1. The minimum Gasteiger partial charge on any atom is -0.478 e. The maximum Gasteiger partial charge on any atom is 0.335 e. The number of nitriles is 1. The fourth-order valence-electron chi connectivity index (χ4n) is 5.60. The number of rotatable bonds is 7. The molecule has 0 bridgehead atoms. The number of carboxylic acid groups (broad SMARTS) is 1. The Morgan fingerprint density at radius 2 is 1.62 bits per heavy atom. The van der Waals surface area contributed by atoms with Crippen LogP contribution in [0.3, 0.4) is 0 Å². The van der Waals surface area contributed by atoms with Gasteiger partial charge in [0.25, 0.3) is 16.4 Å². The molecular formula is C36H19ClF3N3O4S. The molecule has 0 aliphatic rings. The van der Waals surface area contributed by atoms with E-state index in [1.165, 1.54) is 42.5 Å². The van der Waals surface area contributed by atoms with E-state index in [2.05, 4.69) is 10.9 Å². The van der Waals surface area contributed by atoms with Crippen LogP contribution in [0.2, 0.25) is 5.02 Å². The third-order valence-corrected chi connectivity index (χ3v) is 9.79. The molecule has 1 heterocycles. The van der Waals surface area contributed by atoms with E-state index in [1.807, 2.05) is 0 Å². The second-order valence-electron chi connectivity index (χ2n) is 10.5. The van der Waals surface area contributed by atoms with Crippen LogP contribution >= 0.6 is 11.6 Å². The van der Waals surface area contributed by atoms with Gasteiger partial charge < -0.3 is 5.11 Å². The van der Waals surface area contributed by atoms with Crippen molar-refractivity contribution in [2.75, 3.05) is 0 Å². The molecular weight excluding hydrogens is 663 g/mol. The van der Waals surface area contributed by atoms with Crippen molar-refractivity contribution in [2.24, 2.45) is 0 Å². The molecule has 0 saturated heterocycles. The number of hydrogen-bond donors (Lipinski definition) is 1. The van der Waals surface area contributed by atoms with Gasteiger partial charge in [0.05, 0.1) is 34.3 Å². The first-order chi connectivity index (χ1) is 23.0. The summed E-state index contributed by atoms with van der Waals surface area (Å²) in [6.07, 6.45) is -2.84. The van der Waals surface area contributed by atoms with Gasteiger partial charge in [-0.25, -0.2) is 35.2 Å². The van der Waals surface area contributed by atoms with Crippen LogP contribution in [-0.2, 0) is 10.0 Å². The summed E-state index contributed by atoms with van der Waals surface area (Å²) < 4.78 is 71.8. The Hall–Kier alpha value is -5.88. The summed E-state index contributed by atoms with van der Waals surface area (Å²) in [7, 11) is -4.63. The molecule has 6 aromatic rings. The molecule has 0 unspecified atom stereocenters. The first-order valence-electron chi connectivity index (χ1n) is 14.0. The van der Waals surface area contributed by atoms with Crippen molar-refractivity contribution >= 4 is 44.2 Å². The number of aromatic carboxylic acids is 1. The van der Waals surface area contributed by atoms with Crippen LogP contribution in [0.25, 0.3) is 49.3 Å². The highest BCUT2D eigenvalue weighted by atomic mass is 35.5. The fraction of sp³-hybridized carbons (Fsp3) is 0.0278. The van der Waals surface area contributed by atoms with Crippen molar-refractivity contribution in [1.82, 2.24) is 3.97 Å². The molecule has 0 saturated carbocycles. The first kappa shape index (κ1) is 32.1. The molecule has 0 radical (unpaired) electrons. The zero-order valence-corrected chi connectivity index (χ0v) is 25.9. The van der Waals surface area contributed by atoms with E-state index in [9.17, 15) is 36.8 Å². The van der Waals surface area contributed by atoms with Gasteiger partial charge in [-0.1, -0.05) is 60.1 Å². The van der Waals surface area contributed by atoms with Crippen molar-refractivity contribution in [3.05, 3.63) is 142 Å². The molecule has 0 aliphatic carbocycles. The van der Waals surface area contributed by atoms with E-state index in [4.69, 9.17) is 18.2 Å².